The molecule has 3 rings (SSSR count). The molecule has 0 fully saturated rings. The largest absolute Gasteiger partial charge is 0.497 e. The normalized spacial score (nSPS) is 10.7. The molecule has 0 aliphatic carbocycles. The van der Waals surface area contributed by atoms with Crippen LogP contribution in [0.4, 0.5) is 21.7 Å². The molecule has 0 aliphatic rings. The summed E-state index contributed by atoms with van der Waals surface area (Å²) in [6, 6.07) is 13.2. The van der Waals surface area contributed by atoms with Crippen molar-refractivity contribution in [1.29, 1.82) is 0 Å². The molecule has 0 saturated carbocycles. The number of nitrogens with two attached hydrogens (primary N) is 2. The molecule has 0 saturated heterocycles. The number of aromatic nitrogens is 1. The first-order valence-corrected chi connectivity index (χ1v) is 10.1. The number of carbonyl (C=O) groups excluding carboxylic acids is 2. The van der Waals surface area contributed by atoms with Crippen molar-refractivity contribution in [2.45, 2.75) is 6.54 Å². The Bertz CT molecular complexity index is 1210. The highest BCUT2D eigenvalue weighted by atomic mass is 19.1. The Balaban J connectivity index is 1.83. The van der Waals surface area contributed by atoms with Crippen LogP contribution >= 0.6 is 0 Å². The van der Waals surface area contributed by atoms with Crippen LogP contribution < -0.4 is 31.6 Å². The standard InChI is InChI=1S/C24H24FN5O4/c1-33-17-9-16(10-18(11-17)34-2)29-23-19(22(27)32)12-20(25)24(30-23)28-13-15-5-3-14(4-6-15)7-8-21(26)31/h3-12H,13H2,1-2H3,(H2,26,31)(H2,27,32)(H2,28,29,30)/b8-7+. The van der Waals surface area contributed by atoms with Gasteiger partial charge in [-0.1, -0.05) is 24.3 Å². The van der Waals surface area contributed by atoms with Gasteiger partial charge in [0.05, 0.1) is 19.8 Å². The van der Waals surface area contributed by atoms with Crippen molar-refractivity contribution in [2.75, 3.05) is 24.9 Å². The number of primary amides is 2. The second-order valence-corrected chi connectivity index (χ2v) is 7.14. The Morgan fingerprint density at radius 3 is 2.21 bits per heavy atom. The number of rotatable bonds is 10. The number of nitrogens with one attached hydrogen (secondary N) is 2. The lowest BCUT2D eigenvalue weighted by Gasteiger charge is -2.15. The average Bonchev–Trinajstić information content (AvgIpc) is 2.82. The van der Waals surface area contributed by atoms with Crippen molar-refractivity contribution in [3.8, 4) is 11.5 Å². The zero-order chi connectivity index (χ0) is 24.7. The summed E-state index contributed by atoms with van der Waals surface area (Å²) in [5.41, 5.74) is 12.5. The second kappa shape index (κ2) is 10.8. The number of hydrogen-bond donors (Lipinski definition) is 4. The van der Waals surface area contributed by atoms with Gasteiger partial charge < -0.3 is 31.6 Å². The summed E-state index contributed by atoms with van der Waals surface area (Å²) in [7, 11) is 3.01. The molecule has 176 valence electrons. The summed E-state index contributed by atoms with van der Waals surface area (Å²) in [4.78, 5) is 27.0. The maximum absolute atomic E-state index is 14.7. The first-order valence-electron chi connectivity index (χ1n) is 10.1. The molecule has 3 aromatic rings. The highest BCUT2D eigenvalue weighted by Gasteiger charge is 2.17. The summed E-state index contributed by atoms with van der Waals surface area (Å²) in [6.07, 6.45) is 2.86. The molecular weight excluding hydrogens is 441 g/mol. The fourth-order valence-electron chi connectivity index (χ4n) is 3.02. The number of hydrogen-bond acceptors (Lipinski definition) is 7. The maximum Gasteiger partial charge on any atom is 0.252 e. The molecule has 0 bridgehead atoms. The number of amides is 2. The lowest BCUT2D eigenvalue weighted by molar-refractivity contribution is -0.113. The van der Waals surface area contributed by atoms with E-state index in [1.807, 2.05) is 12.1 Å². The predicted octanol–water partition coefficient (Wildman–Crippen LogP) is 3.19. The Morgan fingerprint density at radius 2 is 1.65 bits per heavy atom. The maximum atomic E-state index is 14.7. The average molecular weight is 465 g/mol. The van der Waals surface area contributed by atoms with E-state index < -0.39 is 17.6 Å². The van der Waals surface area contributed by atoms with Crippen molar-refractivity contribution in [3.05, 3.63) is 77.1 Å². The van der Waals surface area contributed by atoms with Gasteiger partial charge in [0.2, 0.25) is 5.91 Å². The minimum Gasteiger partial charge on any atom is -0.497 e. The molecule has 0 radical (unpaired) electrons. The van der Waals surface area contributed by atoms with Crippen LogP contribution in [0.2, 0.25) is 0 Å². The predicted molar refractivity (Wildman–Crippen MR) is 128 cm³/mol. The molecule has 1 aromatic heterocycles. The summed E-state index contributed by atoms with van der Waals surface area (Å²) in [5.74, 6) is -1.09. The van der Waals surface area contributed by atoms with E-state index in [1.54, 1.807) is 36.4 Å². The Morgan fingerprint density at radius 1 is 1.00 bits per heavy atom. The van der Waals surface area contributed by atoms with E-state index in [1.165, 1.54) is 20.3 Å². The SMILES string of the molecule is COc1cc(Nc2nc(NCc3ccc(/C=C/C(N)=O)cc3)c(F)cc2C(N)=O)cc(OC)c1. The molecule has 1 heterocycles. The number of ether oxygens (including phenoxy) is 2. The van der Waals surface area contributed by atoms with Crippen LogP contribution in [0.5, 0.6) is 11.5 Å². The van der Waals surface area contributed by atoms with E-state index in [4.69, 9.17) is 20.9 Å². The van der Waals surface area contributed by atoms with Gasteiger partial charge in [-0.3, -0.25) is 9.59 Å². The molecule has 2 aromatic carbocycles. The van der Waals surface area contributed by atoms with Crippen LogP contribution in [-0.2, 0) is 11.3 Å². The first kappa shape index (κ1) is 24.1. The molecule has 0 unspecified atom stereocenters. The van der Waals surface area contributed by atoms with E-state index >= 15 is 0 Å². The topological polar surface area (TPSA) is 142 Å². The Hall–Kier alpha value is -4.60. The molecule has 34 heavy (non-hydrogen) atoms. The quantitative estimate of drug-likeness (QED) is 0.337. The van der Waals surface area contributed by atoms with Gasteiger partial charge in [0, 0.05) is 36.5 Å². The minimum absolute atomic E-state index is 0.0682. The van der Waals surface area contributed by atoms with Crippen LogP contribution in [0.25, 0.3) is 6.08 Å². The van der Waals surface area contributed by atoms with E-state index in [0.717, 1.165) is 17.2 Å². The number of anilines is 3. The molecule has 10 heteroatoms. The number of halogens is 1. The van der Waals surface area contributed by atoms with Crippen LogP contribution in [0, 0.1) is 5.82 Å². The van der Waals surface area contributed by atoms with Crippen LogP contribution in [0.3, 0.4) is 0 Å². The summed E-state index contributed by atoms with van der Waals surface area (Å²) < 4.78 is 25.2. The second-order valence-electron chi connectivity index (χ2n) is 7.14. The van der Waals surface area contributed by atoms with Crippen molar-refractivity contribution in [2.24, 2.45) is 11.5 Å². The van der Waals surface area contributed by atoms with Crippen LogP contribution in [0.1, 0.15) is 21.5 Å². The number of carbonyl (C=O) groups is 2. The van der Waals surface area contributed by atoms with Crippen molar-refractivity contribution >= 4 is 35.2 Å². The van der Waals surface area contributed by atoms with Gasteiger partial charge >= 0.3 is 0 Å². The molecule has 9 nitrogen and oxygen atoms in total. The van der Waals surface area contributed by atoms with Crippen LogP contribution in [-0.4, -0.2) is 31.0 Å². The molecule has 0 spiro atoms. The zero-order valence-electron chi connectivity index (χ0n) is 18.6. The van der Waals surface area contributed by atoms with Gasteiger partial charge in [-0.15, -0.1) is 0 Å². The van der Waals surface area contributed by atoms with Gasteiger partial charge in [0.15, 0.2) is 11.6 Å². The fraction of sp³-hybridized carbons (Fsp3) is 0.125. The third-order valence-corrected chi connectivity index (χ3v) is 4.74. The van der Waals surface area contributed by atoms with Gasteiger partial charge in [0.25, 0.3) is 5.91 Å². The summed E-state index contributed by atoms with van der Waals surface area (Å²) in [5, 5.41) is 5.89. The smallest absolute Gasteiger partial charge is 0.252 e. The highest BCUT2D eigenvalue weighted by molar-refractivity contribution is 5.98. The van der Waals surface area contributed by atoms with Gasteiger partial charge in [0.1, 0.15) is 17.3 Å². The number of methoxy groups -OCH3 is 2. The highest BCUT2D eigenvalue weighted by Crippen LogP contribution is 2.30. The Kier molecular flexibility index (Phi) is 7.65. The lowest BCUT2D eigenvalue weighted by Crippen LogP contribution is -2.16. The van der Waals surface area contributed by atoms with Gasteiger partial charge in [-0.05, 0) is 23.3 Å². The van der Waals surface area contributed by atoms with Crippen molar-refractivity contribution in [3.63, 3.8) is 0 Å². The fourth-order valence-corrected chi connectivity index (χ4v) is 3.02. The number of nitrogens with zero attached hydrogens (tertiary/aromatic N) is 1. The molecular formula is C24H24FN5O4. The van der Waals surface area contributed by atoms with Gasteiger partial charge in [-0.25, -0.2) is 9.37 Å². The van der Waals surface area contributed by atoms with E-state index in [-0.39, 0.29) is 23.7 Å². The molecule has 0 atom stereocenters. The monoisotopic (exact) mass is 465 g/mol. The van der Waals surface area contributed by atoms with E-state index in [0.29, 0.717) is 17.2 Å². The first-order chi connectivity index (χ1) is 16.3. The number of pyridine rings is 1. The molecule has 0 aliphatic heterocycles. The number of benzene rings is 2. The summed E-state index contributed by atoms with van der Waals surface area (Å²) in [6.45, 7) is 0.256. The zero-order valence-corrected chi connectivity index (χ0v) is 18.6. The van der Waals surface area contributed by atoms with Crippen molar-refractivity contribution in [1.82, 2.24) is 4.98 Å². The van der Waals surface area contributed by atoms with Crippen molar-refractivity contribution < 1.29 is 23.5 Å². The molecule has 2 amide bonds. The Labute approximate surface area is 195 Å². The third kappa shape index (κ3) is 6.22. The van der Waals surface area contributed by atoms with E-state index in [9.17, 15) is 14.0 Å². The molecule has 6 N–H and O–H groups in total. The lowest BCUT2D eigenvalue weighted by atomic mass is 10.1. The third-order valence-electron chi connectivity index (χ3n) is 4.74. The van der Waals surface area contributed by atoms with E-state index in [2.05, 4.69) is 15.6 Å². The van der Waals surface area contributed by atoms with Crippen LogP contribution in [0.15, 0.2) is 54.6 Å². The van der Waals surface area contributed by atoms with Gasteiger partial charge in [-0.2, -0.15) is 0 Å². The minimum atomic E-state index is -0.838. The summed E-state index contributed by atoms with van der Waals surface area (Å²) >= 11 is 0.